The number of hydrogen-bond donors (Lipinski definition) is 1. The standard InChI is InChI=1S/C7H2BrClF2O2/c8-4-3(10)1-2(7(12)13)6(11)5(4)9/h1H,(H,12,13). The molecule has 70 valence electrons. The molecule has 1 rings (SSSR count). The summed E-state index contributed by atoms with van der Waals surface area (Å²) >= 11 is 7.98. The molecule has 0 saturated carbocycles. The second-order valence-corrected chi connectivity index (χ2v) is 3.32. The summed E-state index contributed by atoms with van der Waals surface area (Å²) < 4.78 is 25.5. The van der Waals surface area contributed by atoms with Gasteiger partial charge < -0.3 is 5.11 Å². The van der Waals surface area contributed by atoms with Gasteiger partial charge in [-0.3, -0.25) is 0 Å². The van der Waals surface area contributed by atoms with Crippen molar-refractivity contribution < 1.29 is 18.7 Å². The smallest absolute Gasteiger partial charge is 0.338 e. The minimum absolute atomic E-state index is 0.281. The van der Waals surface area contributed by atoms with Crippen LogP contribution in [0.5, 0.6) is 0 Å². The Morgan fingerprint density at radius 3 is 2.54 bits per heavy atom. The molecule has 1 N–H and O–H groups in total. The van der Waals surface area contributed by atoms with Crippen molar-refractivity contribution in [2.24, 2.45) is 0 Å². The van der Waals surface area contributed by atoms with E-state index in [1.807, 2.05) is 0 Å². The van der Waals surface area contributed by atoms with Crippen LogP contribution < -0.4 is 0 Å². The van der Waals surface area contributed by atoms with E-state index < -0.39 is 28.2 Å². The molecule has 0 saturated heterocycles. The maximum absolute atomic E-state index is 13.0. The summed E-state index contributed by atoms with van der Waals surface area (Å²) in [6.07, 6.45) is 0. The van der Waals surface area contributed by atoms with Crippen LogP contribution in [0.15, 0.2) is 10.5 Å². The Hall–Kier alpha value is -0.680. The molecule has 1 aromatic rings. The minimum Gasteiger partial charge on any atom is -0.478 e. The molecule has 6 heteroatoms. The largest absolute Gasteiger partial charge is 0.478 e. The fourth-order valence-corrected chi connectivity index (χ4v) is 1.21. The fourth-order valence-electron chi connectivity index (χ4n) is 0.728. The van der Waals surface area contributed by atoms with Crippen molar-refractivity contribution >= 4 is 33.5 Å². The molecule has 0 bridgehead atoms. The van der Waals surface area contributed by atoms with Crippen molar-refractivity contribution in [2.45, 2.75) is 0 Å². The van der Waals surface area contributed by atoms with Crippen LogP contribution in [0.25, 0.3) is 0 Å². The zero-order valence-electron chi connectivity index (χ0n) is 5.94. The maximum Gasteiger partial charge on any atom is 0.338 e. The first-order valence-corrected chi connectivity index (χ1v) is 4.18. The van der Waals surface area contributed by atoms with Crippen molar-refractivity contribution in [3.63, 3.8) is 0 Å². The quantitative estimate of drug-likeness (QED) is 0.629. The average molecular weight is 271 g/mol. The van der Waals surface area contributed by atoms with Gasteiger partial charge in [0.1, 0.15) is 5.82 Å². The molecule has 0 aromatic heterocycles. The molecule has 0 fully saturated rings. The molecule has 0 aliphatic rings. The highest BCUT2D eigenvalue weighted by atomic mass is 79.9. The van der Waals surface area contributed by atoms with Crippen LogP contribution in [-0.4, -0.2) is 11.1 Å². The van der Waals surface area contributed by atoms with E-state index in [1.54, 1.807) is 0 Å². The highest BCUT2D eigenvalue weighted by Crippen LogP contribution is 2.30. The maximum atomic E-state index is 13.0. The van der Waals surface area contributed by atoms with Gasteiger partial charge in [-0.25, -0.2) is 13.6 Å². The Balaban J connectivity index is 3.50. The monoisotopic (exact) mass is 270 g/mol. The third-order valence-corrected chi connectivity index (χ3v) is 2.69. The Morgan fingerprint density at radius 2 is 2.08 bits per heavy atom. The molecule has 0 aliphatic carbocycles. The molecule has 0 spiro atoms. The van der Waals surface area contributed by atoms with Crippen molar-refractivity contribution in [3.8, 4) is 0 Å². The van der Waals surface area contributed by atoms with Crippen molar-refractivity contribution in [1.82, 2.24) is 0 Å². The third kappa shape index (κ3) is 1.81. The number of aromatic carboxylic acids is 1. The highest BCUT2D eigenvalue weighted by molar-refractivity contribution is 9.10. The molecule has 0 atom stereocenters. The molecule has 13 heavy (non-hydrogen) atoms. The number of halogens is 4. The second kappa shape index (κ2) is 3.59. The zero-order chi connectivity index (χ0) is 10.2. The normalized spacial score (nSPS) is 10.2. The van der Waals surface area contributed by atoms with Crippen LogP contribution in [0.3, 0.4) is 0 Å². The number of carbonyl (C=O) groups is 1. The number of benzene rings is 1. The van der Waals surface area contributed by atoms with Crippen LogP contribution in [-0.2, 0) is 0 Å². The lowest BCUT2D eigenvalue weighted by atomic mass is 10.2. The fraction of sp³-hybridized carbons (Fsp3) is 0. The van der Waals surface area contributed by atoms with Crippen molar-refractivity contribution in [3.05, 3.63) is 32.8 Å². The van der Waals surface area contributed by atoms with Gasteiger partial charge in [0, 0.05) is 0 Å². The van der Waals surface area contributed by atoms with E-state index in [1.165, 1.54) is 0 Å². The highest BCUT2D eigenvalue weighted by Gasteiger charge is 2.19. The third-order valence-electron chi connectivity index (χ3n) is 1.33. The molecule has 0 unspecified atom stereocenters. The Morgan fingerprint density at radius 1 is 1.54 bits per heavy atom. The lowest BCUT2D eigenvalue weighted by Crippen LogP contribution is -2.02. The Labute approximate surface area is 85.3 Å². The molecular weight excluding hydrogens is 269 g/mol. The lowest BCUT2D eigenvalue weighted by molar-refractivity contribution is 0.0691. The average Bonchev–Trinajstić information content (AvgIpc) is 2.07. The molecule has 2 nitrogen and oxygen atoms in total. The Bertz CT molecular complexity index is 381. The first-order valence-electron chi connectivity index (χ1n) is 3.01. The van der Waals surface area contributed by atoms with Gasteiger partial charge in [-0.1, -0.05) is 11.6 Å². The summed E-state index contributed by atoms with van der Waals surface area (Å²) in [5.41, 5.74) is -0.786. The first-order chi connectivity index (χ1) is 5.95. The van der Waals surface area contributed by atoms with Gasteiger partial charge in [0.05, 0.1) is 15.1 Å². The molecular formula is C7H2BrClF2O2. The number of carboxylic acid groups (broad SMARTS) is 1. The topological polar surface area (TPSA) is 37.3 Å². The molecule has 0 amide bonds. The van der Waals surface area contributed by atoms with Crippen LogP contribution in [0.1, 0.15) is 10.4 Å². The van der Waals surface area contributed by atoms with E-state index in [0.717, 1.165) is 0 Å². The molecule has 0 heterocycles. The predicted molar refractivity (Wildman–Crippen MR) is 46.0 cm³/mol. The van der Waals surface area contributed by atoms with E-state index >= 15 is 0 Å². The van der Waals surface area contributed by atoms with Gasteiger partial charge in [0.2, 0.25) is 0 Å². The number of rotatable bonds is 1. The first kappa shape index (κ1) is 10.4. The van der Waals surface area contributed by atoms with E-state index in [2.05, 4.69) is 15.9 Å². The Kier molecular flexibility index (Phi) is 2.87. The van der Waals surface area contributed by atoms with Crippen LogP contribution in [0.4, 0.5) is 8.78 Å². The summed E-state index contributed by atoms with van der Waals surface area (Å²) in [6.45, 7) is 0. The van der Waals surface area contributed by atoms with E-state index in [4.69, 9.17) is 16.7 Å². The minimum atomic E-state index is -1.56. The number of carboxylic acids is 1. The summed E-state index contributed by atoms with van der Waals surface area (Å²) in [7, 11) is 0. The lowest BCUT2D eigenvalue weighted by Gasteiger charge is -2.02. The van der Waals surface area contributed by atoms with Gasteiger partial charge in [-0.15, -0.1) is 0 Å². The van der Waals surface area contributed by atoms with Crippen molar-refractivity contribution in [1.29, 1.82) is 0 Å². The SMILES string of the molecule is O=C(O)c1cc(F)c(Br)c(Cl)c1F. The van der Waals surface area contributed by atoms with Crippen LogP contribution in [0, 0.1) is 11.6 Å². The summed E-state index contributed by atoms with van der Waals surface area (Å²) in [4.78, 5) is 10.4. The van der Waals surface area contributed by atoms with Gasteiger partial charge in [-0.2, -0.15) is 0 Å². The second-order valence-electron chi connectivity index (χ2n) is 2.15. The predicted octanol–water partition coefficient (Wildman–Crippen LogP) is 3.08. The van der Waals surface area contributed by atoms with E-state index in [9.17, 15) is 13.6 Å². The molecule has 1 aromatic carbocycles. The van der Waals surface area contributed by atoms with Crippen molar-refractivity contribution in [2.75, 3.05) is 0 Å². The van der Waals surface area contributed by atoms with Gasteiger partial charge >= 0.3 is 5.97 Å². The van der Waals surface area contributed by atoms with Gasteiger partial charge in [0.25, 0.3) is 0 Å². The summed E-state index contributed by atoms with van der Waals surface area (Å²) in [5.74, 6) is -3.63. The zero-order valence-corrected chi connectivity index (χ0v) is 8.29. The van der Waals surface area contributed by atoms with E-state index in [0.29, 0.717) is 6.07 Å². The number of hydrogen-bond acceptors (Lipinski definition) is 1. The van der Waals surface area contributed by atoms with Gasteiger partial charge in [0.15, 0.2) is 5.82 Å². The molecule has 0 radical (unpaired) electrons. The molecule has 0 aliphatic heterocycles. The van der Waals surface area contributed by atoms with E-state index in [-0.39, 0.29) is 4.47 Å². The summed E-state index contributed by atoms with van der Waals surface area (Å²) in [5, 5.41) is 7.85. The van der Waals surface area contributed by atoms with Crippen LogP contribution in [0.2, 0.25) is 5.02 Å². The van der Waals surface area contributed by atoms with Gasteiger partial charge in [-0.05, 0) is 22.0 Å². The summed E-state index contributed by atoms with van der Waals surface area (Å²) in [6, 6.07) is 0.563. The van der Waals surface area contributed by atoms with Crippen LogP contribution >= 0.6 is 27.5 Å².